The van der Waals surface area contributed by atoms with Crippen LogP contribution in [0.3, 0.4) is 0 Å². The number of rotatable bonds is 8. The third-order valence-corrected chi connectivity index (χ3v) is 5.73. The van der Waals surface area contributed by atoms with Gasteiger partial charge in [-0.25, -0.2) is 0 Å². The Bertz CT molecular complexity index is 522. The molecule has 0 spiro atoms. The Hall–Kier alpha value is -1.24. The molecule has 1 fully saturated rings. The highest BCUT2D eigenvalue weighted by Crippen LogP contribution is 2.21. The van der Waals surface area contributed by atoms with Crippen LogP contribution in [0.25, 0.3) is 0 Å². The normalized spacial score (nSPS) is 18.3. The lowest BCUT2D eigenvalue weighted by Gasteiger charge is -2.20. The van der Waals surface area contributed by atoms with Gasteiger partial charge >= 0.3 is 0 Å². The Morgan fingerprint density at radius 1 is 1.15 bits per heavy atom. The Balaban J connectivity index is 1.58. The first-order valence-corrected chi connectivity index (χ1v) is 10.6. The topological polar surface area (TPSA) is 42.9 Å². The van der Waals surface area contributed by atoms with Crippen molar-refractivity contribution in [2.75, 3.05) is 59.9 Å². The van der Waals surface area contributed by atoms with Crippen LogP contribution in [0.1, 0.15) is 19.8 Å². The van der Waals surface area contributed by atoms with Gasteiger partial charge in [0, 0.05) is 43.4 Å². The van der Waals surface area contributed by atoms with Crippen LogP contribution in [0.15, 0.2) is 40.2 Å². The lowest BCUT2D eigenvalue weighted by atomic mass is 10.3. The Labute approximate surface area is 163 Å². The number of nitrogens with zero attached hydrogens (tertiary/aromatic N) is 3. The van der Waals surface area contributed by atoms with Gasteiger partial charge < -0.3 is 20.4 Å². The Morgan fingerprint density at radius 3 is 2.73 bits per heavy atom. The summed E-state index contributed by atoms with van der Waals surface area (Å²) in [7, 11) is 4.06. The molecule has 1 aliphatic heterocycles. The van der Waals surface area contributed by atoms with Gasteiger partial charge in [0.2, 0.25) is 0 Å². The van der Waals surface area contributed by atoms with Crippen LogP contribution in [-0.4, -0.2) is 80.9 Å². The zero-order valence-electron chi connectivity index (χ0n) is 16.6. The number of hydrogen-bond acceptors (Lipinski definition) is 4. The minimum Gasteiger partial charge on any atom is -0.356 e. The monoisotopic (exact) mass is 377 g/mol. The van der Waals surface area contributed by atoms with Gasteiger partial charge in [-0.3, -0.25) is 4.99 Å². The quantitative estimate of drug-likeness (QED) is 0.315. The van der Waals surface area contributed by atoms with Gasteiger partial charge in [-0.05, 0) is 51.7 Å². The molecule has 1 unspecified atom stereocenters. The first-order chi connectivity index (χ1) is 12.7. The van der Waals surface area contributed by atoms with Crippen LogP contribution < -0.4 is 10.6 Å². The number of thioether (sulfide) groups is 1. The van der Waals surface area contributed by atoms with E-state index < -0.39 is 0 Å². The van der Waals surface area contributed by atoms with Crippen LogP contribution in [0.2, 0.25) is 0 Å². The van der Waals surface area contributed by atoms with E-state index in [-0.39, 0.29) is 0 Å². The van der Waals surface area contributed by atoms with Crippen molar-refractivity contribution >= 4 is 17.7 Å². The van der Waals surface area contributed by atoms with Gasteiger partial charge in [-0.1, -0.05) is 25.1 Å². The largest absolute Gasteiger partial charge is 0.356 e. The number of nitrogens with one attached hydrogen (secondary N) is 2. The van der Waals surface area contributed by atoms with E-state index in [0.29, 0.717) is 5.25 Å². The van der Waals surface area contributed by atoms with Crippen molar-refractivity contribution in [3.8, 4) is 0 Å². The molecule has 1 heterocycles. The molecular formula is C20H35N5S. The van der Waals surface area contributed by atoms with Gasteiger partial charge in [0.15, 0.2) is 5.96 Å². The molecule has 0 bridgehead atoms. The molecule has 146 valence electrons. The number of hydrogen-bond donors (Lipinski definition) is 2. The number of likely N-dealkylation sites (N-methyl/N-ethyl adjacent to an activating group) is 1. The second-order valence-corrected chi connectivity index (χ2v) is 8.49. The molecule has 1 aromatic rings. The van der Waals surface area contributed by atoms with Gasteiger partial charge in [0.25, 0.3) is 0 Å². The molecule has 6 heteroatoms. The minimum atomic E-state index is 0.491. The Kier molecular flexibility index (Phi) is 9.89. The summed E-state index contributed by atoms with van der Waals surface area (Å²) < 4.78 is 0. The molecule has 0 radical (unpaired) electrons. The molecule has 1 saturated heterocycles. The maximum atomic E-state index is 4.34. The fourth-order valence-electron chi connectivity index (χ4n) is 3.07. The van der Waals surface area contributed by atoms with Crippen molar-refractivity contribution in [2.45, 2.75) is 29.9 Å². The fourth-order valence-corrected chi connectivity index (χ4v) is 4.01. The molecule has 5 nitrogen and oxygen atoms in total. The summed E-state index contributed by atoms with van der Waals surface area (Å²) >= 11 is 1.89. The Morgan fingerprint density at radius 2 is 1.96 bits per heavy atom. The lowest BCUT2D eigenvalue weighted by Crippen LogP contribution is -2.41. The van der Waals surface area contributed by atoms with E-state index in [1.165, 1.54) is 37.5 Å². The van der Waals surface area contributed by atoms with Crippen molar-refractivity contribution in [1.29, 1.82) is 0 Å². The fraction of sp³-hybridized carbons (Fsp3) is 0.650. The maximum Gasteiger partial charge on any atom is 0.191 e. The van der Waals surface area contributed by atoms with E-state index in [1.54, 1.807) is 0 Å². The van der Waals surface area contributed by atoms with Crippen molar-refractivity contribution in [3.63, 3.8) is 0 Å². The predicted octanol–water partition coefficient (Wildman–Crippen LogP) is 2.36. The third-order valence-electron chi connectivity index (χ3n) is 4.62. The van der Waals surface area contributed by atoms with Crippen LogP contribution in [0, 0.1) is 0 Å². The van der Waals surface area contributed by atoms with Crippen molar-refractivity contribution in [3.05, 3.63) is 30.3 Å². The van der Waals surface area contributed by atoms with Gasteiger partial charge in [-0.15, -0.1) is 11.8 Å². The van der Waals surface area contributed by atoms with Crippen LogP contribution in [0.4, 0.5) is 0 Å². The van der Waals surface area contributed by atoms with E-state index in [9.17, 15) is 0 Å². The molecule has 0 aromatic heterocycles. The van der Waals surface area contributed by atoms with Gasteiger partial charge in [0.05, 0.1) is 0 Å². The second-order valence-electron chi connectivity index (χ2n) is 6.97. The number of guanidine groups is 1. The van der Waals surface area contributed by atoms with Crippen molar-refractivity contribution < 1.29 is 0 Å². The second kappa shape index (κ2) is 12.2. The van der Waals surface area contributed by atoms with E-state index >= 15 is 0 Å². The zero-order chi connectivity index (χ0) is 18.6. The highest BCUT2D eigenvalue weighted by atomic mass is 32.2. The average molecular weight is 378 g/mol. The van der Waals surface area contributed by atoms with Crippen LogP contribution in [-0.2, 0) is 0 Å². The summed E-state index contributed by atoms with van der Waals surface area (Å²) in [5, 5.41) is 7.38. The van der Waals surface area contributed by atoms with E-state index in [0.717, 1.165) is 32.0 Å². The molecule has 2 rings (SSSR count). The maximum absolute atomic E-state index is 4.34. The summed E-state index contributed by atoms with van der Waals surface area (Å²) in [5.74, 6) is 0.904. The van der Waals surface area contributed by atoms with E-state index in [2.05, 4.69) is 69.7 Å². The lowest BCUT2D eigenvalue weighted by molar-refractivity contribution is 0.274. The smallest absolute Gasteiger partial charge is 0.191 e. The van der Waals surface area contributed by atoms with Gasteiger partial charge in [-0.2, -0.15) is 0 Å². The molecule has 1 aliphatic rings. The number of aliphatic imine (C=N–C) groups is 1. The van der Waals surface area contributed by atoms with Crippen LogP contribution >= 0.6 is 11.8 Å². The zero-order valence-corrected chi connectivity index (χ0v) is 17.4. The van der Waals surface area contributed by atoms with E-state index in [1.807, 2.05) is 18.8 Å². The summed E-state index contributed by atoms with van der Waals surface area (Å²) in [4.78, 5) is 10.7. The summed E-state index contributed by atoms with van der Waals surface area (Å²) in [6.45, 7) is 10.1. The summed E-state index contributed by atoms with van der Waals surface area (Å²) in [5.41, 5.74) is 0. The predicted molar refractivity (Wildman–Crippen MR) is 114 cm³/mol. The molecule has 0 amide bonds. The first kappa shape index (κ1) is 21.1. The molecule has 0 aliphatic carbocycles. The molecule has 0 saturated carbocycles. The molecule has 1 aromatic carbocycles. The highest BCUT2D eigenvalue weighted by molar-refractivity contribution is 8.00. The summed E-state index contributed by atoms with van der Waals surface area (Å²) in [6, 6.07) is 10.6. The van der Waals surface area contributed by atoms with Gasteiger partial charge in [0.1, 0.15) is 0 Å². The van der Waals surface area contributed by atoms with Crippen molar-refractivity contribution in [2.24, 2.45) is 4.99 Å². The molecular weight excluding hydrogens is 342 g/mol. The molecule has 1 atom stereocenters. The summed E-state index contributed by atoms with van der Waals surface area (Å²) in [6.07, 6.45) is 2.43. The standard InChI is InChI=1S/C20H35N5S/c1-18(26-19-9-5-4-6-10-19)17-23-20(21-2)22-11-7-13-25-14-8-12-24(3)15-16-25/h4-6,9-10,18H,7-8,11-17H2,1-3H3,(H2,21,22,23). The SMILES string of the molecule is CN=C(NCCCN1CCCN(C)CC1)NCC(C)Sc1ccccc1. The first-order valence-electron chi connectivity index (χ1n) is 9.74. The molecule has 26 heavy (non-hydrogen) atoms. The molecule has 2 N–H and O–H groups in total. The number of benzene rings is 1. The van der Waals surface area contributed by atoms with Crippen molar-refractivity contribution in [1.82, 2.24) is 20.4 Å². The highest BCUT2D eigenvalue weighted by Gasteiger charge is 2.11. The minimum absolute atomic E-state index is 0.491. The van der Waals surface area contributed by atoms with E-state index in [4.69, 9.17) is 0 Å². The third kappa shape index (κ3) is 8.43. The van der Waals surface area contributed by atoms with Crippen LogP contribution in [0.5, 0.6) is 0 Å². The average Bonchev–Trinajstić information content (AvgIpc) is 2.86.